The number of nitrogens with zero attached hydrogens (tertiary/aromatic N) is 1. The van der Waals surface area contributed by atoms with Crippen LogP contribution in [0.2, 0.25) is 0 Å². The van der Waals surface area contributed by atoms with Crippen molar-refractivity contribution in [3.05, 3.63) is 60.1 Å². The highest BCUT2D eigenvalue weighted by atomic mass is 19.2. The van der Waals surface area contributed by atoms with Gasteiger partial charge in [0, 0.05) is 18.8 Å². The number of hydrogen-bond acceptors (Lipinski definition) is 3. The number of rotatable bonds is 4. The van der Waals surface area contributed by atoms with Gasteiger partial charge >= 0.3 is 11.7 Å². The molecule has 0 atom stereocenters. The van der Waals surface area contributed by atoms with E-state index >= 15 is 0 Å². The fourth-order valence-electron chi connectivity index (χ4n) is 3.51. The Kier molecular flexibility index (Phi) is 4.82. The molecule has 1 fully saturated rings. The maximum absolute atomic E-state index is 13.7. The molecule has 1 aliphatic rings. The number of nitrogens with one attached hydrogen (secondary N) is 2. The lowest BCUT2D eigenvalue weighted by molar-refractivity contribution is -0.514. The number of aliphatic hydroxyl groups is 1. The van der Waals surface area contributed by atoms with E-state index in [4.69, 9.17) is 4.74 Å². The second kappa shape index (κ2) is 7.29. The van der Waals surface area contributed by atoms with Crippen LogP contribution in [-0.2, 0) is 4.74 Å². The summed E-state index contributed by atoms with van der Waals surface area (Å²) in [5, 5.41) is 12.7. The first-order chi connectivity index (χ1) is 13.5. The number of pyridine rings is 1. The van der Waals surface area contributed by atoms with Gasteiger partial charge in [0.2, 0.25) is 0 Å². The van der Waals surface area contributed by atoms with Gasteiger partial charge < -0.3 is 15.2 Å². The van der Waals surface area contributed by atoms with Crippen LogP contribution >= 0.6 is 0 Å². The van der Waals surface area contributed by atoms with Gasteiger partial charge in [0.05, 0.1) is 18.3 Å². The van der Waals surface area contributed by atoms with Gasteiger partial charge in [-0.05, 0) is 43.2 Å². The van der Waals surface area contributed by atoms with Crippen LogP contribution < -0.4 is 9.72 Å². The van der Waals surface area contributed by atoms with Gasteiger partial charge in [0.25, 0.3) is 0 Å². The zero-order valence-corrected chi connectivity index (χ0v) is 15.0. The molecule has 2 aromatic heterocycles. The number of aromatic amines is 1. The Bertz CT molecular complexity index is 1030. The molecule has 146 valence electrons. The first kappa shape index (κ1) is 18.5. The molecular formula is C20H20F2N3O3+. The van der Waals surface area contributed by atoms with E-state index < -0.39 is 23.1 Å². The summed E-state index contributed by atoms with van der Waals surface area (Å²) >= 11 is 0. The molecular weight excluding hydrogens is 368 g/mol. The van der Waals surface area contributed by atoms with Crippen LogP contribution in [0.15, 0.2) is 42.6 Å². The number of fused-ring (bicyclic) bond motifs is 1. The van der Waals surface area contributed by atoms with Crippen molar-refractivity contribution in [3.63, 3.8) is 0 Å². The minimum absolute atomic E-state index is 0.193. The van der Waals surface area contributed by atoms with E-state index in [-0.39, 0.29) is 12.4 Å². The SMILES string of the molecule is O=C(NC1(CO)CCOCC1)c1[nH]c(-c2ccc(F)c(F)c2)c2cccc[n+]12. The molecule has 8 heteroatoms. The first-order valence-corrected chi connectivity index (χ1v) is 9.02. The second-order valence-electron chi connectivity index (χ2n) is 6.94. The van der Waals surface area contributed by atoms with Crippen molar-refractivity contribution >= 4 is 11.4 Å². The molecule has 0 radical (unpaired) electrons. The molecule has 28 heavy (non-hydrogen) atoms. The molecule has 0 unspecified atom stereocenters. The smallest absolute Gasteiger partial charge is 0.351 e. The van der Waals surface area contributed by atoms with Crippen LogP contribution in [0, 0.1) is 11.6 Å². The third kappa shape index (κ3) is 3.25. The molecule has 1 amide bonds. The van der Waals surface area contributed by atoms with E-state index in [0.717, 1.165) is 12.1 Å². The van der Waals surface area contributed by atoms with Crippen molar-refractivity contribution in [1.29, 1.82) is 0 Å². The first-order valence-electron chi connectivity index (χ1n) is 9.02. The molecule has 0 bridgehead atoms. The van der Waals surface area contributed by atoms with Gasteiger partial charge in [0.15, 0.2) is 22.8 Å². The normalized spacial score (nSPS) is 16.2. The Morgan fingerprint density at radius 1 is 1.21 bits per heavy atom. The fraction of sp³-hybridized carbons (Fsp3) is 0.300. The van der Waals surface area contributed by atoms with Gasteiger partial charge in [-0.25, -0.2) is 13.8 Å². The van der Waals surface area contributed by atoms with E-state index in [1.54, 1.807) is 28.8 Å². The molecule has 4 rings (SSSR count). The van der Waals surface area contributed by atoms with Crippen molar-refractivity contribution in [2.75, 3.05) is 19.8 Å². The van der Waals surface area contributed by atoms with E-state index in [1.165, 1.54) is 6.07 Å². The van der Waals surface area contributed by atoms with E-state index in [2.05, 4.69) is 10.3 Å². The molecule has 1 aromatic carbocycles. The van der Waals surface area contributed by atoms with Crippen LogP contribution in [0.4, 0.5) is 8.78 Å². The van der Waals surface area contributed by atoms with Crippen molar-refractivity contribution in [3.8, 4) is 11.3 Å². The standard InChI is InChI=1S/C20H19F2N3O3/c21-14-5-4-13(11-15(14)22)17-16-3-1-2-8-25(16)18(23-17)19(27)24-20(12-26)6-9-28-10-7-20/h1-5,8,11,26H,6-7,9-10,12H2,(H,24,27)/p+1. The molecule has 6 nitrogen and oxygen atoms in total. The van der Waals surface area contributed by atoms with Crippen molar-refractivity contribution in [2.24, 2.45) is 0 Å². The average Bonchev–Trinajstić information content (AvgIpc) is 3.11. The summed E-state index contributed by atoms with van der Waals surface area (Å²) in [5.74, 6) is -2.07. The quantitative estimate of drug-likeness (QED) is 0.598. The minimum atomic E-state index is -0.964. The largest absolute Gasteiger partial charge is 0.394 e. The Labute approximate surface area is 159 Å². The van der Waals surface area contributed by atoms with Gasteiger partial charge in [-0.3, -0.25) is 4.79 Å². The van der Waals surface area contributed by atoms with E-state index in [1.807, 2.05) is 0 Å². The lowest BCUT2D eigenvalue weighted by atomic mass is 9.91. The monoisotopic (exact) mass is 388 g/mol. The topological polar surface area (TPSA) is 78.4 Å². The second-order valence-corrected chi connectivity index (χ2v) is 6.94. The third-order valence-corrected chi connectivity index (χ3v) is 5.15. The number of halogens is 2. The molecule has 0 spiro atoms. The zero-order valence-electron chi connectivity index (χ0n) is 15.0. The summed E-state index contributed by atoms with van der Waals surface area (Å²) in [7, 11) is 0. The molecule has 0 saturated carbocycles. The van der Waals surface area contributed by atoms with Gasteiger partial charge in [-0.2, -0.15) is 4.40 Å². The number of ether oxygens (including phenoxy) is 1. The average molecular weight is 388 g/mol. The van der Waals surface area contributed by atoms with Crippen molar-refractivity contribution in [1.82, 2.24) is 10.3 Å². The molecule has 1 aliphatic heterocycles. The lowest BCUT2D eigenvalue weighted by Crippen LogP contribution is -2.55. The highest BCUT2D eigenvalue weighted by Crippen LogP contribution is 2.25. The number of carbonyl (C=O) groups is 1. The summed E-state index contributed by atoms with van der Waals surface area (Å²) in [4.78, 5) is 16.0. The van der Waals surface area contributed by atoms with E-state index in [9.17, 15) is 18.7 Å². The molecule has 1 saturated heterocycles. The van der Waals surface area contributed by atoms with Crippen LogP contribution in [0.25, 0.3) is 16.8 Å². The predicted octanol–water partition coefficient (Wildman–Crippen LogP) is 1.97. The Balaban J connectivity index is 1.75. The third-order valence-electron chi connectivity index (χ3n) is 5.15. The Morgan fingerprint density at radius 2 is 2.00 bits per heavy atom. The van der Waals surface area contributed by atoms with E-state index in [0.29, 0.717) is 42.8 Å². The number of aromatic nitrogens is 2. The summed E-state index contributed by atoms with van der Waals surface area (Å²) in [5.41, 5.74) is 0.813. The van der Waals surface area contributed by atoms with Crippen LogP contribution in [0.1, 0.15) is 23.5 Å². The molecule has 3 heterocycles. The van der Waals surface area contributed by atoms with Gasteiger partial charge in [-0.1, -0.05) is 6.07 Å². The highest BCUT2D eigenvalue weighted by molar-refractivity contribution is 5.92. The number of benzene rings is 1. The summed E-state index contributed by atoms with van der Waals surface area (Å²) in [6.07, 6.45) is 2.73. The molecule has 3 aromatic rings. The number of amides is 1. The number of imidazole rings is 1. The van der Waals surface area contributed by atoms with Crippen LogP contribution in [0.5, 0.6) is 0 Å². The number of H-pyrrole nitrogens is 1. The van der Waals surface area contributed by atoms with Crippen molar-refractivity contribution < 1.29 is 27.8 Å². The predicted molar refractivity (Wildman–Crippen MR) is 96.6 cm³/mol. The Hall–Kier alpha value is -2.84. The van der Waals surface area contributed by atoms with Crippen LogP contribution in [-0.4, -0.2) is 41.4 Å². The number of aliphatic hydroxyl groups excluding tert-OH is 1. The van der Waals surface area contributed by atoms with Gasteiger partial charge in [-0.15, -0.1) is 0 Å². The Morgan fingerprint density at radius 3 is 2.71 bits per heavy atom. The molecule has 0 aliphatic carbocycles. The lowest BCUT2D eigenvalue weighted by Gasteiger charge is -2.35. The van der Waals surface area contributed by atoms with Crippen molar-refractivity contribution in [2.45, 2.75) is 18.4 Å². The van der Waals surface area contributed by atoms with Gasteiger partial charge in [0.1, 0.15) is 0 Å². The minimum Gasteiger partial charge on any atom is -0.394 e. The maximum Gasteiger partial charge on any atom is 0.351 e. The summed E-state index contributed by atoms with van der Waals surface area (Å²) < 4.78 is 34.0. The maximum atomic E-state index is 13.7. The summed E-state index contributed by atoms with van der Waals surface area (Å²) in [6.45, 7) is 0.723. The zero-order chi connectivity index (χ0) is 19.7. The number of carbonyl (C=O) groups excluding carboxylic acids is 1. The highest BCUT2D eigenvalue weighted by Gasteiger charge is 2.37. The summed E-state index contributed by atoms with van der Waals surface area (Å²) in [6, 6.07) is 8.93. The molecule has 3 N–H and O–H groups in total. The fourth-order valence-corrected chi connectivity index (χ4v) is 3.51. The number of hydrogen-bond donors (Lipinski definition) is 3. The van der Waals surface area contributed by atoms with Crippen LogP contribution in [0.3, 0.4) is 0 Å².